The lowest BCUT2D eigenvalue weighted by Gasteiger charge is -2.25. The molecule has 108 valence electrons. The zero-order valence-corrected chi connectivity index (χ0v) is 13.6. The van der Waals surface area contributed by atoms with Crippen molar-refractivity contribution in [3.63, 3.8) is 0 Å². The summed E-state index contributed by atoms with van der Waals surface area (Å²) in [6.07, 6.45) is 1.60. The Morgan fingerprint density at radius 2 is 2.42 bits per heavy atom. The van der Waals surface area contributed by atoms with E-state index < -0.39 is 0 Å². The number of hydrogen-bond acceptors (Lipinski definition) is 4. The number of thioether (sulfide) groups is 1. The topological polar surface area (TPSA) is 32.3 Å². The number of thiophene rings is 1. The molecule has 0 aromatic carbocycles. The molecule has 1 unspecified atom stereocenters. The molecule has 0 bridgehead atoms. The average Bonchev–Trinajstić information content (AvgIpc) is 2.90. The number of amides is 1. The molecular weight excluding hydrogens is 300 g/mol. The minimum absolute atomic E-state index is 0. The van der Waals surface area contributed by atoms with Crippen LogP contribution in [0.1, 0.15) is 11.3 Å². The van der Waals surface area contributed by atoms with Crippen LogP contribution in [-0.2, 0) is 11.2 Å². The first-order valence-corrected chi connectivity index (χ1v) is 8.36. The van der Waals surface area contributed by atoms with Gasteiger partial charge in [0.25, 0.3) is 0 Å². The van der Waals surface area contributed by atoms with Crippen LogP contribution < -0.4 is 5.32 Å². The summed E-state index contributed by atoms with van der Waals surface area (Å²) in [4.78, 5) is 15.3. The van der Waals surface area contributed by atoms with Gasteiger partial charge in [-0.2, -0.15) is 11.8 Å². The summed E-state index contributed by atoms with van der Waals surface area (Å²) in [5.41, 5.74) is 0. The molecule has 0 aliphatic carbocycles. The maximum atomic E-state index is 12.1. The van der Waals surface area contributed by atoms with Gasteiger partial charge in [0.15, 0.2) is 0 Å². The van der Waals surface area contributed by atoms with Crippen molar-refractivity contribution in [2.45, 2.75) is 18.9 Å². The lowest BCUT2D eigenvalue weighted by Crippen LogP contribution is -2.42. The SMILES string of the molecule is CN(CCc1cccs1)C(=O)CC1CSCCN1.Cl. The first-order valence-electron chi connectivity index (χ1n) is 6.33. The largest absolute Gasteiger partial charge is 0.345 e. The number of hydrogen-bond donors (Lipinski definition) is 1. The van der Waals surface area contributed by atoms with Crippen molar-refractivity contribution in [2.75, 3.05) is 31.6 Å². The number of likely N-dealkylation sites (N-methyl/N-ethyl adjacent to an activating group) is 1. The number of halogens is 1. The summed E-state index contributed by atoms with van der Waals surface area (Å²) >= 11 is 3.70. The molecular formula is C13H21ClN2OS2. The molecule has 2 heterocycles. The highest BCUT2D eigenvalue weighted by Crippen LogP contribution is 2.12. The predicted octanol–water partition coefficient (Wildman–Crippen LogP) is 2.27. The van der Waals surface area contributed by atoms with Gasteiger partial charge in [0, 0.05) is 49.0 Å². The minimum atomic E-state index is 0. The van der Waals surface area contributed by atoms with E-state index in [-0.39, 0.29) is 18.3 Å². The third-order valence-electron chi connectivity index (χ3n) is 3.12. The zero-order chi connectivity index (χ0) is 12.8. The Kier molecular flexibility index (Phi) is 7.83. The van der Waals surface area contributed by atoms with Crippen LogP contribution in [0, 0.1) is 0 Å². The highest BCUT2D eigenvalue weighted by atomic mass is 35.5. The summed E-state index contributed by atoms with van der Waals surface area (Å²) in [5.74, 6) is 2.48. The van der Waals surface area contributed by atoms with Gasteiger partial charge < -0.3 is 10.2 Å². The molecule has 1 aliphatic rings. The van der Waals surface area contributed by atoms with Gasteiger partial charge in [-0.3, -0.25) is 4.79 Å². The van der Waals surface area contributed by atoms with Crippen molar-refractivity contribution >= 4 is 41.4 Å². The Morgan fingerprint density at radius 3 is 3.05 bits per heavy atom. The van der Waals surface area contributed by atoms with E-state index in [9.17, 15) is 4.79 Å². The summed E-state index contributed by atoms with van der Waals surface area (Å²) in [5, 5.41) is 5.49. The molecule has 19 heavy (non-hydrogen) atoms. The Labute approximate surface area is 129 Å². The summed E-state index contributed by atoms with van der Waals surface area (Å²) < 4.78 is 0. The van der Waals surface area contributed by atoms with Crippen molar-refractivity contribution in [3.05, 3.63) is 22.4 Å². The van der Waals surface area contributed by atoms with E-state index >= 15 is 0 Å². The summed E-state index contributed by atoms with van der Waals surface area (Å²) in [7, 11) is 1.91. The minimum Gasteiger partial charge on any atom is -0.345 e. The number of carbonyl (C=O) groups is 1. The molecule has 1 fully saturated rings. The molecule has 1 atom stereocenters. The third kappa shape index (κ3) is 5.73. The smallest absolute Gasteiger partial charge is 0.223 e. The van der Waals surface area contributed by atoms with Crippen LogP contribution in [0.25, 0.3) is 0 Å². The van der Waals surface area contributed by atoms with Crippen LogP contribution >= 0.6 is 35.5 Å². The Balaban J connectivity index is 0.00000180. The molecule has 1 N–H and O–H groups in total. The number of rotatable bonds is 5. The second-order valence-electron chi connectivity index (χ2n) is 4.57. The number of nitrogens with one attached hydrogen (secondary N) is 1. The second-order valence-corrected chi connectivity index (χ2v) is 6.76. The molecule has 1 aromatic heterocycles. The number of carbonyl (C=O) groups excluding carboxylic acids is 1. The highest BCUT2D eigenvalue weighted by molar-refractivity contribution is 7.99. The van der Waals surface area contributed by atoms with Crippen molar-refractivity contribution in [1.29, 1.82) is 0 Å². The van der Waals surface area contributed by atoms with E-state index in [4.69, 9.17) is 0 Å². The second kappa shape index (κ2) is 8.84. The maximum absolute atomic E-state index is 12.1. The molecule has 0 radical (unpaired) electrons. The molecule has 1 saturated heterocycles. The Hall–Kier alpha value is -0.230. The first kappa shape index (κ1) is 16.8. The first-order chi connectivity index (χ1) is 8.75. The normalized spacial score (nSPS) is 18.7. The molecule has 1 amide bonds. The van der Waals surface area contributed by atoms with Crippen molar-refractivity contribution < 1.29 is 4.79 Å². The zero-order valence-electron chi connectivity index (χ0n) is 11.1. The van der Waals surface area contributed by atoms with Gasteiger partial charge in [0.1, 0.15) is 0 Å². The number of nitrogens with zero attached hydrogens (tertiary/aromatic N) is 1. The van der Waals surface area contributed by atoms with E-state index in [1.54, 1.807) is 11.3 Å². The van der Waals surface area contributed by atoms with Gasteiger partial charge >= 0.3 is 0 Å². The average molecular weight is 321 g/mol. The van der Waals surface area contributed by atoms with Crippen LogP contribution in [0.3, 0.4) is 0 Å². The van der Waals surface area contributed by atoms with Crippen molar-refractivity contribution in [2.24, 2.45) is 0 Å². The van der Waals surface area contributed by atoms with Crippen molar-refractivity contribution in [3.8, 4) is 0 Å². The monoisotopic (exact) mass is 320 g/mol. The van der Waals surface area contributed by atoms with Crippen LogP contribution in [0.5, 0.6) is 0 Å². The molecule has 6 heteroatoms. The molecule has 0 saturated carbocycles. The molecule has 3 nitrogen and oxygen atoms in total. The quantitative estimate of drug-likeness (QED) is 0.903. The van der Waals surface area contributed by atoms with E-state index in [0.717, 1.165) is 25.3 Å². The van der Waals surface area contributed by atoms with Crippen molar-refractivity contribution in [1.82, 2.24) is 10.2 Å². The third-order valence-corrected chi connectivity index (χ3v) is 5.19. The molecule has 2 rings (SSSR count). The lowest BCUT2D eigenvalue weighted by molar-refractivity contribution is -0.130. The van der Waals surface area contributed by atoms with Crippen LogP contribution in [0.2, 0.25) is 0 Å². The fourth-order valence-corrected chi connectivity index (χ4v) is 3.62. The van der Waals surface area contributed by atoms with Gasteiger partial charge in [0.2, 0.25) is 5.91 Å². The lowest BCUT2D eigenvalue weighted by atomic mass is 10.2. The Bertz CT molecular complexity index is 367. The highest BCUT2D eigenvalue weighted by Gasteiger charge is 2.18. The van der Waals surface area contributed by atoms with Gasteiger partial charge in [0.05, 0.1) is 0 Å². The maximum Gasteiger partial charge on any atom is 0.223 e. The predicted molar refractivity (Wildman–Crippen MR) is 86.6 cm³/mol. The summed E-state index contributed by atoms with van der Waals surface area (Å²) in [6, 6.07) is 4.55. The van der Waals surface area contributed by atoms with Gasteiger partial charge in [-0.1, -0.05) is 6.07 Å². The van der Waals surface area contributed by atoms with E-state index in [2.05, 4.69) is 22.8 Å². The van der Waals surface area contributed by atoms with Gasteiger partial charge in [-0.15, -0.1) is 23.7 Å². The summed E-state index contributed by atoms with van der Waals surface area (Å²) in [6.45, 7) is 1.85. The molecule has 0 spiro atoms. The van der Waals surface area contributed by atoms with E-state index in [1.807, 2.05) is 23.7 Å². The van der Waals surface area contributed by atoms with Crippen LogP contribution in [0.4, 0.5) is 0 Å². The van der Waals surface area contributed by atoms with Crippen LogP contribution in [0.15, 0.2) is 17.5 Å². The molecule has 1 aromatic rings. The van der Waals surface area contributed by atoms with Crippen LogP contribution in [-0.4, -0.2) is 48.5 Å². The molecule has 1 aliphatic heterocycles. The van der Waals surface area contributed by atoms with E-state index in [0.29, 0.717) is 12.5 Å². The van der Waals surface area contributed by atoms with Gasteiger partial charge in [-0.25, -0.2) is 0 Å². The fourth-order valence-electron chi connectivity index (χ4n) is 1.97. The van der Waals surface area contributed by atoms with Gasteiger partial charge in [-0.05, 0) is 17.9 Å². The Morgan fingerprint density at radius 1 is 1.58 bits per heavy atom. The standard InChI is InChI=1S/C13H20N2OS2.ClH/c1-15(6-4-12-3-2-7-18-12)13(16)9-11-10-17-8-5-14-11;/h2-3,7,11,14H,4-6,8-10H2,1H3;1H. The van der Waals surface area contributed by atoms with E-state index in [1.165, 1.54) is 10.6 Å². The fraction of sp³-hybridized carbons (Fsp3) is 0.615.